The van der Waals surface area contributed by atoms with Crippen molar-refractivity contribution in [1.29, 1.82) is 0 Å². The third-order valence-corrected chi connectivity index (χ3v) is 5.25. The van der Waals surface area contributed by atoms with E-state index in [1.807, 2.05) is 0 Å². The van der Waals surface area contributed by atoms with Crippen LogP contribution in [0.5, 0.6) is 0 Å². The minimum Gasteiger partial charge on any atom is -0.0904 e. The second-order valence-corrected chi connectivity index (χ2v) is 6.80. The molecular formula is C15H18NiP2+2. The molecule has 0 bridgehead atoms. The molecule has 2 aromatic carbocycles. The SMILES string of the molecule is [Ni+2].c1ccc(PCCCPc2ccccc2)cc1. The maximum atomic E-state index is 2.23. The van der Waals surface area contributed by atoms with Crippen LogP contribution in [0, 0.1) is 0 Å². The van der Waals surface area contributed by atoms with E-state index >= 15 is 0 Å². The topological polar surface area (TPSA) is 0 Å². The van der Waals surface area contributed by atoms with Gasteiger partial charge in [-0.25, -0.2) is 0 Å². The monoisotopic (exact) mass is 318 g/mol. The van der Waals surface area contributed by atoms with Crippen molar-refractivity contribution in [2.45, 2.75) is 6.42 Å². The molecule has 0 heterocycles. The van der Waals surface area contributed by atoms with Crippen LogP contribution in [-0.2, 0) is 16.5 Å². The van der Waals surface area contributed by atoms with Gasteiger partial charge in [-0.1, -0.05) is 77.8 Å². The van der Waals surface area contributed by atoms with Crippen molar-refractivity contribution in [3.63, 3.8) is 0 Å². The average Bonchev–Trinajstić information content (AvgIpc) is 2.41. The first-order valence-corrected chi connectivity index (χ1v) is 8.44. The Kier molecular flexibility index (Phi) is 8.53. The van der Waals surface area contributed by atoms with Crippen LogP contribution in [0.4, 0.5) is 0 Å². The van der Waals surface area contributed by atoms with E-state index in [2.05, 4.69) is 60.7 Å². The molecule has 0 amide bonds. The Morgan fingerprint density at radius 1 is 0.611 bits per heavy atom. The summed E-state index contributed by atoms with van der Waals surface area (Å²) in [5, 5.41) is 2.99. The molecule has 2 unspecified atom stereocenters. The van der Waals surface area contributed by atoms with Gasteiger partial charge in [0, 0.05) is 0 Å². The molecule has 0 nitrogen and oxygen atoms in total. The van der Waals surface area contributed by atoms with E-state index in [-0.39, 0.29) is 16.5 Å². The van der Waals surface area contributed by atoms with Gasteiger partial charge in [-0.15, -0.1) is 0 Å². The molecule has 2 rings (SSSR count). The predicted octanol–water partition coefficient (Wildman–Crippen LogP) is 3.38. The minimum absolute atomic E-state index is 0. The molecule has 2 atom stereocenters. The molecule has 0 aliphatic carbocycles. The summed E-state index contributed by atoms with van der Waals surface area (Å²) < 4.78 is 0. The molecule has 18 heavy (non-hydrogen) atoms. The molecule has 96 valence electrons. The van der Waals surface area contributed by atoms with Crippen LogP contribution in [0.3, 0.4) is 0 Å². The van der Waals surface area contributed by atoms with Gasteiger partial charge in [0.15, 0.2) is 0 Å². The fourth-order valence-electron chi connectivity index (χ4n) is 1.67. The first-order valence-electron chi connectivity index (χ1n) is 6.03. The molecule has 0 saturated carbocycles. The van der Waals surface area contributed by atoms with E-state index in [0.717, 1.165) is 17.2 Å². The zero-order valence-electron chi connectivity index (χ0n) is 10.2. The van der Waals surface area contributed by atoms with Crippen molar-refractivity contribution in [2.75, 3.05) is 12.3 Å². The summed E-state index contributed by atoms with van der Waals surface area (Å²) in [4.78, 5) is 0. The Hall–Kier alpha value is -0.206. The van der Waals surface area contributed by atoms with Gasteiger partial charge in [-0.3, -0.25) is 0 Å². The third kappa shape index (κ3) is 6.11. The first-order chi connectivity index (χ1) is 8.45. The van der Waals surface area contributed by atoms with E-state index in [1.165, 1.54) is 29.4 Å². The molecule has 0 aliphatic heterocycles. The van der Waals surface area contributed by atoms with Gasteiger partial charge in [0.05, 0.1) is 0 Å². The number of rotatable bonds is 6. The zero-order valence-corrected chi connectivity index (χ0v) is 13.2. The second-order valence-electron chi connectivity index (χ2n) is 3.94. The van der Waals surface area contributed by atoms with Gasteiger partial charge in [-0.05, 0) is 29.4 Å². The van der Waals surface area contributed by atoms with E-state index in [9.17, 15) is 0 Å². The van der Waals surface area contributed by atoms with Crippen LogP contribution in [0.25, 0.3) is 0 Å². The van der Waals surface area contributed by atoms with Crippen molar-refractivity contribution in [3.05, 3.63) is 60.7 Å². The van der Waals surface area contributed by atoms with Gasteiger partial charge in [0.25, 0.3) is 0 Å². The number of benzene rings is 2. The van der Waals surface area contributed by atoms with E-state index in [1.54, 1.807) is 0 Å². The molecule has 2 aromatic rings. The summed E-state index contributed by atoms with van der Waals surface area (Å²) in [6.07, 6.45) is 4.02. The van der Waals surface area contributed by atoms with Gasteiger partial charge in [0.1, 0.15) is 0 Å². The van der Waals surface area contributed by atoms with Crippen molar-refractivity contribution in [3.8, 4) is 0 Å². The molecule has 3 heteroatoms. The summed E-state index contributed by atoms with van der Waals surface area (Å²) >= 11 is 0. The van der Waals surface area contributed by atoms with Gasteiger partial charge >= 0.3 is 16.5 Å². The second kappa shape index (κ2) is 9.69. The van der Waals surface area contributed by atoms with Crippen LogP contribution >= 0.6 is 17.2 Å². The molecule has 0 radical (unpaired) electrons. The van der Waals surface area contributed by atoms with Gasteiger partial charge < -0.3 is 0 Å². The number of hydrogen-bond acceptors (Lipinski definition) is 0. The molecule has 0 spiro atoms. The normalized spacial score (nSPS) is 11.1. The summed E-state index contributed by atoms with van der Waals surface area (Å²) in [6, 6.07) is 21.6. The maximum Gasteiger partial charge on any atom is 2.00 e. The van der Waals surface area contributed by atoms with E-state index in [4.69, 9.17) is 0 Å². The zero-order chi connectivity index (χ0) is 11.8. The molecule has 0 saturated heterocycles. The summed E-state index contributed by atoms with van der Waals surface area (Å²) in [5.74, 6) is 0. The molecule has 0 aromatic heterocycles. The quantitative estimate of drug-likeness (QED) is 0.435. The summed E-state index contributed by atoms with van der Waals surface area (Å²) in [6.45, 7) is 0. The average molecular weight is 319 g/mol. The standard InChI is InChI=1S/C15H18P2.Ni/c1-3-8-14(9-4-1)16-12-7-13-17-15-10-5-2-6-11-15;/h1-6,8-11,16-17H,7,12-13H2;/q;+2. The van der Waals surface area contributed by atoms with Crippen molar-refractivity contribution in [1.82, 2.24) is 0 Å². The van der Waals surface area contributed by atoms with Gasteiger partial charge in [-0.2, -0.15) is 0 Å². The Morgan fingerprint density at radius 3 is 1.39 bits per heavy atom. The summed E-state index contributed by atoms with van der Waals surface area (Å²) in [5.41, 5.74) is 0. The Bertz CT molecular complexity index is 376. The van der Waals surface area contributed by atoms with E-state index < -0.39 is 0 Å². The molecule has 0 fully saturated rings. The van der Waals surface area contributed by atoms with Crippen molar-refractivity contribution < 1.29 is 16.5 Å². The van der Waals surface area contributed by atoms with Crippen molar-refractivity contribution in [2.24, 2.45) is 0 Å². The Morgan fingerprint density at radius 2 is 1.00 bits per heavy atom. The Labute approximate surface area is 123 Å². The third-order valence-electron chi connectivity index (χ3n) is 2.56. The Balaban J connectivity index is 0.00000162. The largest absolute Gasteiger partial charge is 2.00 e. The number of hydrogen-bond donors (Lipinski definition) is 0. The predicted molar refractivity (Wildman–Crippen MR) is 83.1 cm³/mol. The molecule has 0 aliphatic rings. The fraction of sp³-hybridized carbons (Fsp3) is 0.200. The van der Waals surface area contributed by atoms with Crippen LogP contribution in [0.2, 0.25) is 0 Å². The maximum absolute atomic E-state index is 2.23. The first kappa shape index (κ1) is 15.8. The fourth-order valence-corrected chi connectivity index (χ4v) is 4.16. The van der Waals surface area contributed by atoms with Crippen LogP contribution in [-0.4, -0.2) is 12.3 Å². The van der Waals surface area contributed by atoms with E-state index in [0.29, 0.717) is 0 Å². The van der Waals surface area contributed by atoms with Crippen LogP contribution in [0.15, 0.2) is 60.7 Å². The summed E-state index contributed by atoms with van der Waals surface area (Å²) in [7, 11) is 1.95. The van der Waals surface area contributed by atoms with Crippen LogP contribution in [0.1, 0.15) is 6.42 Å². The van der Waals surface area contributed by atoms with Crippen LogP contribution < -0.4 is 10.6 Å². The minimum atomic E-state index is 0. The molecular weight excluding hydrogens is 301 g/mol. The van der Waals surface area contributed by atoms with Crippen molar-refractivity contribution >= 4 is 27.8 Å². The molecule has 0 N–H and O–H groups in total. The smallest absolute Gasteiger partial charge is 0.0904 e. The van der Waals surface area contributed by atoms with Gasteiger partial charge in [0.2, 0.25) is 0 Å².